The molecule has 0 amide bonds. The number of morpholine rings is 1. The van der Waals surface area contributed by atoms with Crippen molar-refractivity contribution in [1.29, 1.82) is 0 Å². The van der Waals surface area contributed by atoms with E-state index in [1.807, 2.05) is 7.05 Å². The van der Waals surface area contributed by atoms with Gasteiger partial charge < -0.3 is 9.64 Å². The van der Waals surface area contributed by atoms with Gasteiger partial charge in [0.15, 0.2) is 0 Å². The van der Waals surface area contributed by atoms with E-state index < -0.39 is 0 Å². The summed E-state index contributed by atoms with van der Waals surface area (Å²) in [5.41, 5.74) is -0.142. The van der Waals surface area contributed by atoms with Gasteiger partial charge in [-0.1, -0.05) is 0 Å². The van der Waals surface area contributed by atoms with Crippen LogP contribution in [0.25, 0.3) is 0 Å². The number of nitrogens with zero attached hydrogens (tertiary/aromatic N) is 3. The van der Waals surface area contributed by atoms with Crippen LogP contribution in [0.15, 0.2) is 19.9 Å². The van der Waals surface area contributed by atoms with Crippen molar-refractivity contribution < 1.29 is 4.74 Å². The molecule has 1 saturated heterocycles. The highest BCUT2D eigenvalue weighted by Gasteiger charge is 2.19. The number of rotatable bonds is 2. The molecule has 17 heavy (non-hydrogen) atoms. The third-order valence-corrected chi connectivity index (χ3v) is 4.56. The average Bonchev–Trinajstić information content (AvgIpc) is 2.30. The van der Waals surface area contributed by atoms with Crippen LogP contribution in [0.4, 0.5) is 0 Å². The molecule has 1 atom stereocenters. The van der Waals surface area contributed by atoms with Crippen LogP contribution in [-0.4, -0.2) is 47.5 Å². The Labute approximate surface area is 116 Å². The zero-order chi connectivity index (χ0) is 12.4. The van der Waals surface area contributed by atoms with Crippen LogP contribution < -0.4 is 5.56 Å². The quantitative estimate of drug-likeness (QED) is 0.786. The molecule has 94 valence electrons. The fourth-order valence-corrected chi connectivity index (χ4v) is 2.31. The lowest BCUT2D eigenvalue weighted by Gasteiger charge is -2.29. The van der Waals surface area contributed by atoms with Crippen LogP contribution in [0, 0.1) is 0 Å². The van der Waals surface area contributed by atoms with Gasteiger partial charge >= 0.3 is 0 Å². The van der Waals surface area contributed by atoms with Gasteiger partial charge in [-0.3, -0.25) is 4.79 Å². The first-order chi connectivity index (χ1) is 8.08. The Hall–Kier alpha value is -0.240. The SMILES string of the molecule is CN1CCOC(Cn2ncc(Br)c(Br)c2=O)C1. The highest BCUT2D eigenvalue weighted by Crippen LogP contribution is 2.16. The van der Waals surface area contributed by atoms with Crippen LogP contribution in [0.1, 0.15) is 0 Å². The Kier molecular flexibility index (Phi) is 4.35. The second kappa shape index (κ2) is 5.60. The largest absolute Gasteiger partial charge is 0.374 e. The summed E-state index contributed by atoms with van der Waals surface area (Å²) in [6, 6.07) is 0. The molecule has 1 fully saturated rings. The standard InChI is InChI=1S/C10H13Br2N3O2/c1-14-2-3-17-7(5-14)6-15-10(16)9(12)8(11)4-13-15/h4,7H,2-3,5-6H2,1H3. The molecule has 0 aliphatic carbocycles. The van der Waals surface area contributed by atoms with E-state index in [1.165, 1.54) is 4.68 Å². The van der Waals surface area contributed by atoms with E-state index in [0.29, 0.717) is 22.1 Å². The summed E-state index contributed by atoms with van der Waals surface area (Å²) in [7, 11) is 2.04. The summed E-state index contributed by atoms with van der Waals surface area (Å²) in [5, 5.41) is 4.09. The maximum Gasteiger partial charge on any atom is 0.282 e. The van der Waals surface area contributed by atoms with Crippen molar-refractivity contribution in [2.75, 3.05) is 26.7 Å². The minimum Gasteiger partial charge on any atom is -0.374 e. The van der Waals surface area contributed by atoms with E-state index in [2.05, 4.69) is 41.9 Å². The Morgan fingerprint density at radius 3 is 3.06 bits per heavy atom. The minimum atomic E-state index is -0.142. The lowest BCUT2D eigenvalue weighted by Crippen LogP contribution is -2.43. The molecule has 1 aliphatic heterocycles. The average molecular weight is 367 g/mol. The number of aromatic nitrogens is 2. The van der Waals surface area contributed by atoms with Gasteiger partial charge in [-0.05, 0) is 38.9 Å². The molecule has 1 unspecified atom stereocenters. The molecule has 2 rings (SSSR count). The maximum absolute atomic E-state index is 11.9. The Bertz CT molecular complexity index is 463. The molecule has 0 bridgehead atoms. The molecule has 1 aromatic rings. The smallest absolute Gasteiger partial charge is 0.282 e. The van der Waals surface area contributed by atoms with Crippen molar-refractivity contribution >= 4 is 31.9 Å². The summed E-state index contributed by atoms with van der Waals surface area (Å²) in [5.74, 6) is 0. The third kappa shape index (κ3) is 3.15. The van der Waals surface area contributed by atoms with Gasteiger partial charge in [0.1, 0.15) is 4.47 Å². The van der Waals surface area contributed by atoms with Gasteiger partial charge in [-0.25, -0.2) is 4.68 Å². The predicted molar refractivity (Wildman–Crippen MR) is 71.1 cm³/mol. The first-order valence-corrected chi connectivity index (χ1v) is 6.88. The number of halogens is 2. The summed E-state index contributed by atoms with van der Waals surface area (Å²) < 4.78 is 8.20. The van der Waals surface area contributed by atoms with E-state index in [1.54, 1.807) is 6.20 Å². The number of ether oxygens (including phenoxy) is 1. The molecular weight excluding hydrogens is 354 g/mol. The Morgan fingerprint density at radius 2 is 2.35 bits per heavy atom. The molecule has 0 aromatic carbocycles. The fourth-order valence-electron chi connectivity index (χ4n) is 1.75. The molecule has 0 spiro atoms. The van der Waals surface area contributed by atoms with Crippen molar-refractivity contribution in [3.63, 3.8) is 0 Å². The van der Waals surface area contributed by atoms with Gasteiger partial charge in [-0.15, -0.1) is 0 Å². The Balaban J connectivity index is 2.13. The molecule has 1 aromatic heterocycles. The van der Waals surface area contributed by atoms with Gasteiger partial charge in [0.2, 0.25) is 0 Å². The van der Waals surface area contributed by atoms with Gasteiger partial charge in [0, 0.05) is 13.1 Å². The number of likely N-dealkylation sites (N-methyl/N-ethyl adjacent to an activating group) is 1. The van der Waals surface area contributed by atoms with Crippen LogP contribution in [0.3, 0.4) is 0 Å². The molecule has 5 nitrogen and oxygen atoms in total. The normalized spacial score (nSPS) is 21.7. The van der Waals surface area contributed by atoms with E-state index in [0.717, 1.165) is 13.1 Å². The van der Waals surface area contributed by atoms with Crippen molar-refractivity contribution in [3.8, 4) is 0 Å². The third-order valence-electron chi connectivity index (χ3n) is 2.66. The molecule has 0 N–H and O–H groups in total. The van der Waals surface area contributed by atoms with Crippen LogP contribution in [0.2, 0.25) is 0 Å². The lowest BCUT2D eigenvalue weighted by atomic mass is 10.3. The molecule has 2 heterocycles. The Morgan fingerprint density at radius 1 is 1.59 bits per heavy atom. The van der Waals surface area contributed by atoms with Crippen LogP contribution in [0.5, 0.6) is 0 Å². The first kappa shape index (κ1) is 13.2. The molecule has 0 saturated carbocycles. The van der Waals surface area contributed by atoms with E-state index in [4.69, 9.17) is 4.74 Å². The second-order valence-corrected chi connectivity index (χ2v) is 5.70. The fraction of sp³-hybridized carbons (Fsp3) is 0.600. The molecule has 1 aliphatic rings. The summed E-state index contributed by atoms with van der Waals surface area (Å²) in [6.07, 6.45) is 1.63. The topological polar surface area (TPSA) is 47.4 Å². The molecule has 0 radical (unpaired) electrons. The van der Waals surface area contributed by atoms with Crippen molar-refractivity contribution in [1.82, 2.24) is 14.7 Å². The van der Waals surface area contributed by atoms with Gasteiger partial charge in [-0.2, -0.15) is 5.10 Å². The van der Waals surface area contributed by atoms with Crippen LogP contribution in [-0.2, 0) is 11.3 Å². The van der Waals surface area contributed by atoms with E-state index in [9.17, 15) is 4.79 Å². The zero-order valence-electron chi connectivity index (χ0n) is 9.40. The number of hydrogen-bond donors (Lipinski definition) is 0. The van der Waals surface area contributed by atoms with Crippen LogP contribution >= 0.6 is 31.9 Å². The van der Waals surface area contributed by atoms with Crippen molar-refractivity contribution in [2.24, 2.45) is 0 Å². The summed E-state index contributed by atoms with van der Waals surface area (Å²) in [4.78, 5) is 14.1. The van der Waals surface area contributed by atoms with E-state index >= 15 is 0 Å². The predicted octanol–water partition coefficient (Wildman–Crippen LogP) is 1.10. The highest BCUT2D eigenvalue weighted by molar-refractivity contribution is 9.13. The van der Waals surface area contributed by atoms with Gasteiger partial charge in [0.25, 0.3) is 5.56 Å². The minimum absolute atomic E-state index is 0.0204. The van der Waals surface area contributed by atoms with E-state index in [-0.39, 0.29) is 11.7 Å². The summed E-state index contributed by atoms with van der Waals surface area (Å²) in [6.45, 7) is 2.94. The maximum atomic E-state index is 11.9. The number of hydrogen-bond acceptors (Lipinski definition) is 4. The monoisotopic (exact) mass is 365 g/mol. The molecular formula is C10H13Br2N3O2. The lowest BCUT2D eigenvalue weighted by molar-refractivity contribution is -0.0297. The molecule has 7 heteroatoms. The van der Waals surface area contributed by atoms with Crippen molar-refractivity contribution in [2.45, 2.75) is 12.6 Å². The zero-order valence-corrected chi connectivity index (χ0v) is 12.6. The van der Waals surface area contributed by atoms with Crippen molar-refractivity contribution in [3.05, 3.63) is 25.5 Å². The van der Waals surface area contributed by atoms with Gasteiger partial charge in [0.05, 0.1) is 29.9 Å². The summed E-state index contributed by atoms with van der Waals surface area (Å²) >= 11 is 6.49. The highest BCUT2D eigenvalue weighted by atomic mass is 79.9. The first-order valence-electron chi connectivity index (χ1n) is 5.29. The second-order valence-electron chi connectivity index (χ2n) is 4.05.